The molecule has 82 valence electrons. The largest absolute Gasteiger partial charge is 0.459 e. The molecule has 0 aromatic heterocycles. The number of nitrogens with one attached hydrogen (secondary N) is 1. The highest BCUT2D eigenvalue weighted by molar-refractivity contribution is 5.79. The van der Waals surface area contributed by atoms with E-state index in [1.54, 1.807) is 13.8 Å². The highest BCUT2D eigenvalue weighted by atomic mass is 16.5. The highest BCUT2D eigenvalue weighted by Crippen LogP contribution is 2.07. The van der Waals surface area contributed by atoms with Crippen molar-refractivity contribution >= 4 is 5.97 Å². The van der Waals surface area contributed by atoms with Crippen molar-refractivity contribution in [2.75, 3.05) is 0 Å². The maximum Gasteiger partial charge on any atom is 0.327 e. The van der Waals surface area contributed by atoms with Crippen molar-refractivity contribution in [2.45, 2.75) is 26.0 Å². The molecule has 0 heterocycles. The zero-order chi connectivity index (χ0) is 11.3. The van der Waals surface area contributed by atoms with Crippen LogP contribution in [0.5, 0.6) is 0 Å². The van der Waals surface area contributed by atoms with Crippen LogP contribution in [0.2, 0.25) is 0 Å². The normalized spacial score (nSPS) is 11.1. The van der Waals surface area contributed by atoms with E-state index < -0.39 is 5.54 Å². The standard InChI is InChI=1S/C11H16N2O2/c1-11(2,13-12)10(14)15-8-9-6-4-3-5-7-9/h3-7,13H,8,12H2,1-2H3. The van der Waals surface area contributed by atoms with Crippen molar-refractivity contribution in [3.05, 3.63) is 35.9 Å². The van der Waals surface area contributed by atoms with Gasteiger partial charge in [-0.15, -0.1) is 0 Å². The zero-order valence-electron chi connectivity index (χ0n) is 8.99. The van der Waals surface area contributed by atoms with E-state index in [-0.39, 0.29) is 12.6 Å². The number of carbonyl (C=O) groups is 1. The molecule has 4 heteroatoms. The van der Waals surface area contributed by atoms with Crippen LogP contribution < -0.4 is 11.3 Å². The number of hydrogen-bond donors (Lipinski definition) is 2. The summed E-state index contributed by atoms with van der Waals surface area (Å²) in [7, 11) is 0. The Hall–Kier alpha value is -1.39. The second-order valence-corrected chi connectivity index (χ2v) is 3.83. The maximum absolute atomic E-state index is 11.5. The molecule has 1 rings (SSSR count). The molecule has 0 amide bonds. The Morgan fingerprint density at radius 3 is 2.53 bits per heavy atom. The van der Waals surface area contributed by atoms with Gasteiger partial charge in [0.15, 0.2) is 0 Å². The van der Waals surface area contributed by atoms with Gasteiger partial charge in [0.05, 0.1) is 0 Å². The SMILES string of the molecule is CC(C)(NN)C(=O)OCc1ccccc1. The Kier molecular flexibility index (Phi) is 3.82. The third kappa shape index (κ3) is 3.34. The van der Waals surface area contributed by atoms with Gasteiger partial charge in [0.2, 0.25) is 0 Å². The summed E-state index contributed by atoms with van der Waals surface area (Å²) in [4.78, 5) is 11.5. The fraction of sp³-hybridized carbons (Fsp3) is 0.364. The van der Waals surface area contributed by atoms with Gasteiger partial charge < -0.3 is 4.74 Å². The van der Waals surface area contributed by atoms with Crippen molar-refractivity contribution in [1.29, 1.82) is 0 Å². The minimum Gasteiger partial charge on any atom is -0.459 e. The molecule has 15 heavy (non-hydrogen) atoms. The van der Waals surface area contributed by atoms with Crippen LogP contribution in [-0.4, -0.2) is 11.5 Å². The van der Waals surface area contributed by atoms with E-state index >= 15 is 0 Å². The average Bonchev–Trinajstić information content (AvgIpc) is 2.27. The van der Waals surface area contributed by atoms with E-state index in [1.807, 2.05) is 30.3 Å². The molecule has 0 atom stereocenters. The van der Waals surface area contributed by atoms with Gasteiger partial charge in [-0.05, 0) is 19.4 Å². The molecular formula is C11H16N2O2. The molecule has 1 aromatic rings. The number of nitrogens with two attached hydrogens (primary N) is 1. The summed E-state index contributed by atoms with van der Waals surface area (Å²) in [5.41, 5.74) is 2.51. The van der Waals surface area contributed by atoms with Crippen molar-refractivity contribution in [3.63, 3.8) is 0 Å². The maximum atomic E-state index is 11.5. The minimum absolute atomic E-state index is 0.269. The first-order valence-corrected chi connectivity index (χ1v) is 4.75. The Labute approximate surface area is 89.4 Å². The van der Waals surface area contributed by atoms with E-state index in [0.717, 1.165) is 5.56 Å². The van der Waals surface area contributed by atoms with Gasteiger partial charge in [-0.2, -0.15) is 0 Å². The summed E-state index contributed by atoms with van der Waals surface area (Å²) in [5, 5.41) is 0. The molecule has 0 aliphatic rings. The molecule has 0 aliphatic carbocycles. The topological polar surface area (TPSA) is 64.3 Å². The smallest absolute Gasteiger partial charge is 0.327 e. The zero-order valence-corrected chi connectivity index (χ0v) is 8.99. The van der Waals surface area contributed by atoms with Crippen LogP contribution in [0.4, 0.5) is 0 Å². The van der Waals surface area contributed by atoms with Gasteiger partial charge in [-0.3, -0.25) is 10.6 Å². The van der Waals surface area contributed by atoms with Crippen LogP contribution in [0.25, 0.3) is 0 Å². The lowest BCUT2D eigenvalue weighted by Gasteiger charge is -2.21. The average molecular weight is 208 g/mol. The number of hydrogen-bond acceptors (Lipinski definition) is 4. The van der Waals surface area contributed by atoms with E-state index in [0.29, 0.717) is 0 Å². The summed E-state index contributed by atoms with van der Waals surface area (Å²) in [5.74, 6) is 4.86. The van der Waals surface area contributed by atoms with Gasteiger partial charge in [-0.25, -0.2) is 5.43 Å². The molecule has 0 aliphatic heterocycles. The molecular weight excluding hydrogens is 192 g/mol. The van der Waals surface area contributed by atoms with Gasteiger partial charge in [0.1, 0.15) is 12.1 Å². The summed E-state index contributed by atoms with van der Waals surface area (Å²) in [6, 6.07) is 9.51. The lowest BCUT2D eigenvalue weighted by Crippen LogP contribution is -2.51. The van der Waals surface area contributed by atoms with Crippen molar-refractivity contribution in [1.82, 2.24) is 5.43 Å². The van der Waals surface area contributed by atoms with Crippen LogP contribution in [-0.2, 0) is 16.1 Å². The van der Waals surface area contributed by atoms with Gasteiger partial charge >= 0.3 is 5.97 Å². The van der Waals surface area contributed by atoms with Crippen LogP contribution in [0.1, 0.15) is 19.4 Å². The summed E-state index contributed by atoms with van der Waals surface area (Å²) in [6.07, 6.45) is 0. The molecule has 1 aromatic carbocycles. The predicted octanol–water partition coefficient (Wildman–Crippen LogP) is 0.972. The molecule has 3 N–H and O–H groups in total. The first-order chi connectivity index (χ1) is 7.06. The lowest BCUT2D eigenvalue weighted by molar-refractivity contribution is -0.151. The fourth-order valence-electron chi connectivity index (χ4n) is 0.962. The fourth-order valence-corrected chi connectivity index (χ4v) is 0.962. The Balaban J connectivity index is 2.48. The third-order valence-electron chi connectivity index (χ3n) is 2.08. The Morgan fingerprint density at radius 1 is 1.40 bits per heavy atom. The lowest BCUT2D eigenvalue weighted by atomic mass is 10.1. The molecule has 0 saturated carbocycles. The minimum atomic E-state index is -0.852. The third-order valence-corrected chi connectivity index (χ3v) is 2.08. The number of hydrazine groups is 1. The van der Waals surface area contributed by atoms with Crippen LogP contribution in [0, 0.1) is 0 Å². The van der Waals surface area contributed by atoms with Gasteiger partial charge in [-0.1, -0.05) is 30.3 Å². The molecule has 0 bridgehead atoms. The number of ether oxygens (including phenoxy) is 1. The molecule has 0 fully saturated rings. The number of rotatable bonds is 4. The molecule has 0 radical (unpaired) electrons. The quantitative estimate of drug-likeness (QED) is 0.439. The van der Waals surface area contributed by atoms with Crippen molar-refractivity contribution in [2.24, 2.45) is 5.84 Å². The van der Waals surface area contributed by atoms with E-state index in [1.165, 1.54) is 0 Å². The van der Waals surface area contributed by atoms with E-state index in [2.05, 4.69) is 5.43 Å². The van der Waals surface area contributed by atoms with Crippen LogP contribution >= 0.6 is 0 Å². The van der Waals surface area contributed by atoms with Gasteiger partial charge in [0.25, 0.3) is 0 Å². The highest BCUT2D eigenvalue weighted by Gasteiger charge is 2.27. The second-order valence-electron chi connectivity index (χ2n) is 3.83. The monoisotopic (exact) mass is 208 g/mol. The molecule has 0 unspecified atom stereocenters. The Morgan fingerprint density at radius 2 is 2.00 bits per heavy atom. The molecule has 4 nitrogen and oxygen atoms in total. The first kappa shape index (κ1) is 11.7. The molecule has 0 saturated heterocycles. The second kappa shape index (κ2) is 4.91. The molecule has 0 spiro atoms. The summed E-state index contributed by atoms with van der Waals surface area (Å²) >= 11 is 0. The van der Waals surface area contributed by atoms with Crippen LogP contribution in [0.15, 0.2) is 30.3 Å². The Bertz CT molecular complexity index is 323. The predicted molar refractivity (Wildman–Crippen MR) is 57.6 cm³/mol. The number of benzene rings is 1. The van der Waals surface area contributed by atoms with E-state index in [9.17, 15) is 4.79 Å². The van der Waals surface area contributed by atoms with Gasteiger partial charge in [0, 0.05) is 0 Å². The van der Waals surface area contributed by atoms with E-state index in [4.69, 9.17) is 10.6 Å². The number of esters is 1. The van der Waals surface area contributed by atoms with Crippen LogP contribution in [0.3, 0.4) is 0 Å². The first-order valence-electron chi connectivity index (χ1n) is 4.75. The van der Waals surface area contributed by atoms with Crippen molar-refractivity contribution in [3.8, 4) is 0 Å². The van der Waals surface area contributed by atoms with Crippen molar-refractivity contribution < 1.29 is 9.53 Å². The summed E-state index contributed by atoms with van der Waals surface area (Å²) < 4.78 is 5.10. The number of carbonyl (C=O) groups excluding carboxylic acids is 1. The summed E-state index contributed by atoms with van der Waals surface area (Å²) in [6.45, 7) is 3.60.